The monoisotopic (exact) mass is 466 g/mol. The van der Waals surface area contributed by atoms with E-state index in [1.165, 1.54) is 30.0 Å². The van der Waals surface area contributed by atoms with Crippen LogP contribution in [0, 0.1) is 5.82 Å². The average molecular weight is 466 g/mol. The van der Waals surface area contributed by atoms with Gasteiger partial charge in [-0.2, -0.15) is 4.98 Å². The van der Waals surface area contributed by atoms with Gasteiger partial charge in [-0.25, -0.2) is 9.18 Å². The second-order valence-electron chi connectivity index (χ2n) is 8.26. The fourth-order valence-corrected chi connectivity index (χ4v) is 4.26. The fourth-order valence-electron chi connectivity index (χ4n) is 4.26. The highest BCUT2D eigenvalue weighted by Crippen LogP contribution is 2.23. The lowest BCUT2D eigenvalue weighted by molar-refractivity contribution is 0.0714. The fraction of sp³-hybridized carbons (Fsp3) is 0.304. The summed E-state index contributed by atoms with van der Waals surface area (Å²) in [5.41, 5.74) is 0.428. The number of benzene rings is 1. The van der Waals surface area contributed by atoms with Crippen LogP contribution in [0.5, 0.6) is 0 Å². The molecule has 1 saturated heterocycles. The van der Waals surface area contributed by atoms with Gasteiger partial charge in [0.05, 0.1) is 12.8 Å². The van der Waals surface area contributed by atoms with Crippen LogP contribution >= 0.6 is 0 Å². The Morgan fingerprint density at radius 1 is 1.03 bits per heavy atom. The van der Waals surface area contributed by atoms with E-state index in [0.29, 0.717) is 32.1 Å². The van der Waals surface area contributed by atoms with Gasteiger partial charge in [0.25, 0.3) is 11.5 Å². The highest BCUT2D eigenvalue weighted by molar-refractivity contribution is 5.91. The summed E-state index contributed by atoms with van der Waals surface area (Å²) in [5, 5.41) is 0. The molecule has 5 rings (SSSR count). The summed E-state index contributed by atoms with van der Waals surface area (Å²) in [7, 11) is 3.00. The summed E-state index contributed by atoms with van der Waals surface area (Å²) >= 11 is 0. The van der Waals surface area contributed by atoms with Gasteiger partial charge in [0.2, 0.25) is 5.95 Å². The zero-order valence-electron chi connectivity index (χ0n) is 18.8. The minimum atomic E-state index is -0.468. The maximum absolute atomic E-state index is 13.4. The van der Waals surface area contributed by atoms with Crippen molar-refractivity contribution in [2.45, 2.75) is 6.54 Å². The lowest BCUT2D eigenvalue weighted by atomic mass is 10.2. The van der Waals surface area contributed by atoms with Crippen LogP contribution in [0.3, 0.4) is 0 Å². The number of piperazine rings is 1. The number of hydrogen-bond acceptors (Lipinski definition) is 6. The Morgan fingerprint density at radius 3 is 2.38 bits per heavy atom. The standard InChI is InChI=1S/C23H23FN6O4/c1-26-19-18(21(32)27(2)23(26)33)30(14-15-5-7-16(24)8-6-15)22(25-19)29-11-9-28(10-12-29)20(31)17-4-3-13-34-17/h3-8,13H,9-12,14H2,1-2H3. The van der Waals surface area contributed by atoms with E-state index in [2.05, 4.69) is 4.98 Å². The van der Waals surface area contributed by atoms with E-state index in [1.54, 1.807) is 40.8 Å². The summed E-state index contributed by atoms with van der Waals surface area (Å²) in [5.74, 6) is 0.272. The van der Waals surface area contributed by atoms with E-state index in [4.69, 9.17) is 4.42 Å². The van der Waals surface area contributed by atoms with Crippen LogP contribution in [-0.2, 0) is 20.6 Å². The summed E-state index contributed by atoms with van der Waals surface area (Å²) in [6, 6.07) is 9.33. The van der Waals surface area contributed by atoms with Gasteiger partial charge < -0.3 is 14.2 Å². The summed E-state index contributed by atoms with van der Waals surface area (Å²) in [4.78, 5) is 46.6. The van der Waals surface area contributed by atoms with Crippen LogP contribution in [0.2, 0.25) is 0 Å². The van der Waals surface area contributed by atoms with Gasteiger partial charge in [0, 0.05) is 40.3 Å². The molecule has 4 heterocycles. The molecule has 1 fully saturated rings. The minimum absolute atomic E-state index is 0.180. The van der Waals surface area contributed by atoms with Crippen LogP contribution in [0.15, 0.2) is 56.7 Å². The number of imidazole rings is 1. The highest BCUT2D eigenvalue weighted by atomic mass is 19.1. The van der Waals surface area contributed by atoms with Crippen LogP contribution in [0.4, 0.5) is 10.3 Å². The van der Waals surface area contributed by atoms with Gasteiger partial charge in [-0.1, -0.05) is 12.1 Å². The van der Waals surface area contributed by atoms with E-state index in [-0.39, 0.29) is 35.2 Å². The maximum Gasteiger partial charge on any atom is 0.332 e. The smallest absolute Gasteiger partial charge is 0.332 e. The molecule has 34 heavy (non-hydrogen) atoms. The molecule has 1 aromatic carbocycles. The number of anilines is 1. The molecule has 0 spiro atoms. The predicted molar refractivity (Wildman–Crippen MR) is 123 cm³/mol. The topological polar surface area (TPSA) is 98.5 Å². The van der Waals surface area contributed by atoms with Crippen LogP contribution < -0.4 is 16.1 Å². The van der Waals surface area contributed by atoms with Crippen molar-refractivity contribution in [2.24, 2.45) is 14.1 Å². The van der Waals surface area contributed by atoms with E-state index < -0.39 is 11.2 Å². The van der Waals surface area contributed by atoms with Crippen LogP contribution in [0.25, 0.3) is 11.2 Å². The first-order valence-electron chi connectivity index (χ1n) is 10.8. The van der Waals surface area contributed by atoms with Gasteiger partial charge in [0.15, 0.2) is 16.9 Å². The minimum Gasteiger partial charge on any atom is -0.459 e. The quantitative estimate of drug-likeness (QED) is 0.448. The van der Waals surface area contributed by atoms with Crippen molar-refractivity contribution in [1.82, 2.24) is 23.6 Å². The molecule has 10 nitrogen and oxygen atoms in total. The first-order valence-corrected chi connectivity index (χ1v) is 10.8. The van der Waals surface area contributed by atoms with Gasteiger partial charge in [-0.05, 0) is 29.8 Å². The van der Waals surface area contributed by atoms with E-state index in [9.17, 15) is 18.8 Å². The normalized spacial score (nSPS) is 14.2. The predicted octanol–water partition coefficient (Wildman–Crippen LogP) is 1.18. The SMILES string of the molecule is Cn1c(=O)c2c(nc(N3CCN(C(=O)c4ccco4)CC3)n2Cc2ccc(F)cc2)n(C)c1=O. The Balaban J connectivity index is 1.54. The molecule has 0 saturated carbocycles. The van der Waals surface area contributed by atoms with Crippen LogP contribution in [0.1, 0.15) is 16.1 Å². The Morgan fingerprint density at radius 2 is 1.74 bits per heavy atom. The number of halogens is 1. The number of hydrogen-bond donors (Lipinski definition) is 0. The first-order chi connectivity index (χ1) is 16.3. The molecule has 0 atom stereocenters. The first kappa shape index (κ1) is 21.7. The largest absolute Gasteiger partial charge is 0.459 e. The second-order valence-corrected chi connectivity index (χ2v) is 8.26. The Bertz CT molecular complexity index is 1480. The summed E-state index contributed by atoms with van der Waals surface area (Å²) in [6.07, 6.45) is 1.46. The van der Waals surface area contributed by atoms with Gasteiger partial charge in [-0.15, -0.1) is 0 Å². The highest BCUT2D eigenvalue weighted by Gasteiger charge is 2.28. The van der Waals surface area contributed by atoms with Crippen molar-refractivity contribution in [1.29, 1.82) is 0 Å². The third kappa shape index (κ3) is 3.58. The second kappa shape index (κ2) is 8.32. The Kier molecular flexibility index (Phi) is 5.31. The molecular weight excluding hydrogens is 443 g/mol. The molecule has 0 aliphatic carbocycles. The van der Waals surface area contributed by atoms with Gasteiger partial charge in [-0.3, -0.25) is 23.3 Å². The lowest BCUT2D eigenvalue weighted by Gasteiger charge is -2.35. The number of furan rings is 1. The molecule has 1 aliphatic heterocycles. The molecule has 4 aromatic rings. The zero-order valence-corrected chi connectivity index (χ0v) is 18.8. The number of aryl methyl sites for hydroxylation is 1. The molecule has 176 valence electrons. The zero-order chi connectivity index (χ0) is 24.0. The van der Waals surface area contributed by atoms with Crippen molar-refractivity contribution in [3.8, 4) is 0 Å². The number of amides is 1. The average Bonchev–Trinajstić information content (AvgIpc) is 3.51. The Labute approximate surface area is 193 Å². The Hall–Kier alpha value is -4.15. The number of carbonyl (C=O) groups is 1. The number of aromatic nitrogens is 4. The number of rotatable bonds is 4. The van der Waals surface area contributed by atoms with Crippen molar-refractivity contribution < 1.29 is 13.6 Å². The summed E-state index contributed by atoms with van der Waals surface area (Å²) in [6.45, 7) is 2.11. The third-order valence-corrected chi connectivity index (χ3v) is 6.16. The van der Waals surface area contributed by atoms with E-state index in [1.807, 2.05) is 4.90 Å². The molecule has 0 radical (unpaired) electrons. The van der Waals surface area contributed by atoms with E-state index >= 15 is 0 Å². The number of carbonyl (C=O) groups excluding carboxylic acids is 1. The van der Waals surface area contributed by atoms with Gasteiger partial charge >= 0.3 is 5.69 Å². The molecule has 0 bridgehead atoms. The third-order valence-electron chi connectivity index (χ3n) is 6.16. The molecule has 11 heteroatoms. The molecular formula is C23H23FN6O4. The molecule has 1 aliphatic rings. The van der Waals surface area contributed by atoms with Crippen LogP contribution in [-0.4, -0.2) is 55.7 Å². The summed E-state index contributed by atoms with van der Waals surface area (Å²) < 4.78 is 22.8. The van der Waals surface area contributed by atoms with Crippen molar-refractivity contribution in [3.05, 3.63) is 80.6 Å². The molecule has 1 amide bonds. The van der Waals surface area contributed by atoms with Crippen molar-refractivity contribution in [3.63, 3.8) is 0 Å². The maximum atomic E-state index is 13.4. The van der Waals surface area contributed by atoms with Crippen molar-refractivity contribution >= 4 is 23.0 Å². The van der Waals surface area contributed by atoms with Gasteiger partial charge in [0.1, 0.15) is 5.82 Å². The van der Waals surface area contributed by atoms with Crippen molar-refractivity contribution in [2.75, 3.05) is 31.1 Å². The molecule has 0 N–H and O–H groups in total. The number of fused-ring (bicyclic) bond motifs is 1. The molecule has 0 unspecified atom stereocenters. The lowest BCUT2D eigenvalue weighted by Crippen LogP contribution is -2.49. The number of nitrogens with zero attached hydrogens (tertiary/aromatic N) is 6. The van der Waals surface area contributed by atoms with E-state index in [0.717, 1.165) is 10.1 Å². The molecule has 3 aromatic heterocycles.